The average Bonchev–Trinajstić information content (AvgIpc) is 2.85. The van der Waals surface area contributed by atoms with Gasteiger partial charge in [0.05, 0.1) is 5.56 Å². The van der Waals surface area contributed by atoms with Gasteiger partial charge in [-0.15, -0.1) is 0 Å². The minimum absolute atomic E-state index is 0.307. The Labute approximate surface area is 130 Å². The Morgan fingerprint density at radius 1 is 1.04 bits per heavy atom. The summed E-state index contributed by atoms with van der Waals surface area (Å²) in [7, 11) is 0. The lowest BCUT2D eigenvalue weighted by Crippen LogP contribution is -2.14. The summed E-state index contributed by atoms with van der Waals surface area (Å²) in [5.41, 5.74) is 1.58. The summed E-state index contributed by atoms with van der Waals surface area (Å²) >= 11 is 0. The first-order valence-electron chi connectivity index (χ1n) is 6.92. The maximum atomic E-state index is 12.5. The van der Waals surface area contributed by atoms with Crippen LogP contribution in [0.2, 0.25) is 0 Å². The molecule has 0 aliphatic rings. The second kappa shape index (κ2) is 5.46. The number of H-pyrrole nitrogens is 1. The summed E-state index contributed by atoms with van der Waals surface area (Å²) in [6, 6.07) is 11.8. The molecule has 3 aromatic rings. The molecular formula is C17H13F3N2O. The lowest BCUT2D eigenvalue weighted by molar-refractivity contribution is -0.137. The van der Waals surface area contributed by atoms with Crippen LogP contribution < -0.4 is 5.32 Å². The van der Waals surface area contributed by atoms with Gasteiger partial charge in [0.1, 0.15) is 5.69 Å². The van der Waals surface area contributed by atoms with Crippen molar-refractivity contribution in [1.82, 2.24) is 4.98 Å². The summed E-state index contributed by atoms with van der Waals surface area (Å²) < 4.78 is 37.6. The predicted octanol–water partition coefficient (Wildman–Crippen LogP) is 4.75. The number of hydrogen-bond donors (Lipinski definition) is 2. The van der Waals surface area contributed by atoms with Crippen LogP contribution in [0.15, 0.2) is 48.5 Å². The van der Waals surface area contributed by atoms with Gasteiger partial charge in [-0.3, -0.25) is 4.79 Å². The zero-order chi connectivity index (χ0) is 16.6. The van der Waals surface area contributed by atoms with Gasteiger partial charge in [0.25, 0.3) is 5.91 Å². The molecule has 2 aromatic carbocycles. The van der Waals surface area contributed by atoms with Crippen LogP contribution in [0.3, 0.4) is 0 Å². The second-order valence-corrected chi connectivity index (χ2v) is 5.20. The number of halogens is 3. The molecule has 2 N–H and O–H groups in total. The molecule has 118 valence electrons. The molecule has 0 aliphatic carbocycles. The van der Waals surface area contributed by atoms with E-state index in [-0.39, 0.29) is 0 Å². The van der Waals surface area contributed by atoms with Crippen LogP contribution in [0, 0.1) is 6.92 Å². The standard InChI is InChI=1S/C17H13F3N2O/c1-10-13-4-2-3-5-14(13)22-15(10)16(23)21-12-8-6-11(7-9-12)17(18,19)20/h2-9,22H,1H3,(H,21,23). The van der Waals surface area contributed by atoms with Crippen LogP contribution >= 0.6 is 0 Å². The van der Waals surface area contributed by atoms with Crippen molar-refractivity contribution in [3.05, 3.63) is 65.4 Å². The van der Waals surface area contributed by atoms with E-state index in [1.54, 1.807) is 0 Å². The molecule has 1 aromatic heterocycles. The summed E-state index contributed by atoms with van der Waals surface area (Å²) in [5, 5.41) is 3.54. The number of nitrogens with one attached hydrogen (secondary N) is 2. The van der Waals surface area contributed by atoms with Crippen molar-refractivity contribution < 1.29 is 18.0 Å². The van der Waals surface area contributed by atoms with Crippen molar-refractivity contribution in [3.63, 3.8) is 0 Å². The number of hydrogen-bond acceptors (Lipinski definition) is 1. The molecule has 0 saturated heterocycles. The zero-order valence-corrected chi connectivity index (χ0v) is 12.2. The van der Waals surface area contributed by atoms with E-state index in [9.17, 15) is 18.0 Å². The maximum Gasteiger partial charge on any atom is 0.416 e. The topological polar surface area (TPSA) is 44.9 Å². The van der Waals surface area contributed by atoms with E-state index in [0.717, 1.165) is 28.6 Å². The number of carbonyl (C=O) groups is 1. The molecule has 3 nitrogen and oxygen atoms in total. The maximum absolute atomic E-state index is 12.5. The molecule has 1 heterocycles. The van der Waals surface area contributed by atoms with E-state index >= 15 is 0 Å². The monoisotopic (exact) mass is 318 g/mol. The average molecular weight is 318 g/mol. The molecule has 0 aliphatic heterocycles. The summed E-state index contributed by atoms with van der Waals surface area (Å²) in [6.45, 7) is 1.82. The highest BCUT2D eigenvalue weighted by Crippen LogP contribution is 2.30. The highest BCUT2D eigenvalue weighted by molar-refractivity contribution is 6.07. The van der Waals surface area contributed by atoms with Crippen molar-refractivity contribution in [3.8, 4) is 0 Å². The lowest BCUT2D eigenvalue weighted by atomic mass is 10.1. The third-order valence-corrected chi connectivity index (χ3v) is 3.66. The fraction of sp³-hybridized carbons (Fsp3) is 0.118. The van der Waals surface area contributed by atoms with E-state index in [1.165, 1.54) is 12.1 Å². The van der Waals surface area contributed by atoms with Crippen molar-refractivity contribution in [2.45, 2.75) is 13.1 Å². The highest BCUT2D eigenvalue weighted by atomic mass is 19.4. The molecule has 0 spiro atoms. The number of amides is 1. The first-order chi connectivity index (χ1) is 10.9. The number of anilines is 1. The van der Waals surface area contributed by atoms with Gasteiger partial charge in [-0.25, -0.2) is 0 Å². The smallest absolute Gasteiger partial charge is 0.350 e. The number of aromatic amines is 1. The SMILES string of the molecule is Cc1c(C(=O)Nc2ccc(C(F)(F)F)cc2)[nH]c2ccccc12. The molecule has 1 amide bonds. The Morgan fingerprint density at radius 2 is 1.70 bits per heavy atom. The lowest BCUT2D eigenvalue weighted by Gasteiger charge is -2.08. The zero-order valence-electron chi connectivity index (χ0n) is 12.2. The second-order valence-electron chi connectivity index (χ2n) is 5.20. The van der Waals surface area contributed by atoms with Gasteiger partial charge in [0, 0.05) is 16.6 Å². The Morgan fingerprint density at radius 3 is 2.30 bits per heavy atom. The third kappa shape index (κ3) is 2.92. The normalized spacial score (nSPS) is 11.7. The van der Waals surface area contributed by atoms with Gasteiger partial charge in [0.15, 0.2) is 0 Å². The first-order valence-corrected chi connectivity index (χ1v) is 6.92. The van der Waals surface area contributed by atoms with E-state index in [2.05, 4.69) is 10.3 Å². The first kappa shape index (κ1) is 15.1. The van der Waals surface area contributed by atoms with Gasteiger partial charge < -0.3 is 10.3 Å². The van der Waals surface area contributed by atoms with E-state index in [1.807, 2.05) is 31.2 Å². The Hall–Kier alpha value is -2.76. The molecule has 23 heavy (non-hydrogen) atoms. The van der Waals surface area contributed by atoms with Crippen LogP contribution in [0.4, 0.5) is 18.9 Å². The van der Waals surface area contributed by atoms with Crippen LogP contribution in [-0.2, 0) is 6.18 Å². The van der Waals surface area contributed by atoms with Crippen LogP contribution in [0.25, 0.3) is 10.9 Å². The molecule has 0 unspecified atom stereocenters. The van der Waals surface area contributed by atoms with Crippen molar-refractivity contribution in [2.75, 3.05) is 5.32 Å². The van der Waals surface area contributed by atoms with E-state index in [4.69, 9.17) is 0 Å². The van der Waals surface area contributed by atoms with Crippen molar-refractivity contribution >= 4 is 22.5 Å². The van der Waals surface area contributed by atoms with Gasteiger partial charge in [0.2, 0.25) is 0 Å². The number of fused-ring (bicyclic) bond motifs is 1. The van der Waals surface area contributed by atoms with Gasteiger partial charge in [-0.2, -0.15) is 13.2 Å². The largest absolute Gasteiger partial charge is 0.416 e. The fourth-order valence-electron chi connectivity index (χ4n) is 2.45. The van der Waals surface area contributed by atoms with E-state index < -0.39 is 17.6 Å². The number of aryl methyl sites for hydroxylation is 1. The molecule has 3 rings (SSSR count). The molecule has 0 saturated carbocycles. The predicted molar refractivity (Wildman–Crippen MR) is 82.4 cm³/mol. The summed E-state index contributed by atoms with van der Waals surface area (Å²) in [4.78, 5) is 15.3. The van der Waals surface area contributed by atoms with Crippen molar-refractivity contribution in [2.24, 2.45) is 0 Å². The molecule has 0 bridgehead atoms. The van der Waals surface area contributed by atoms with Crippen LogP contribution in [0.1, 0.15) is 21.6 Å². The molecule has 0 radical (unpaired) electrons. The fourth-order valence-corrected chi connectivity index (χ4v) is 2.45. The van der Waals surface area contributed by atoms with Gasteiger partial charge in [-0.05, 0) is 42.8 Å². The Bertz CT molecular complexity index is 864. The third-order valence-electron chi connectivity index (χ3n) is 3.66. The number of benzene rings is 2. The van der Waals surface area contributed by atoms with Crippen molar-refractivity contribution in [1.29, 1.82) is 0 Å². The summed E-state index contributed by atoms with van der Waals surface area (Å²) in [5.74, 6) is -0.390. The molecule has 0 fully saturated rings. The number of para-hydroxylation sites is 1. The Kier molecular flexibility index (Phi) is 3.60. The van der Waals surface area contributed by atoms with Crippen LogP contribution in [0.5, 0.6) is 0 Å². The Balaban J connectivity index is 1.85. The molecule has 6 heteroatoms. The number of alkyl halides is 3. The minimum atomic E-state index is -4.39. The molecule has 0 atom stereocenters. The molecular weight excluding hydrogens is 305 g/mol. The number of carbonyl (C=O) groups excluding carboxylic acids is 1. The van der Waals surface area contributed by atoms with Gasteiger partial charge >= 0.3 is 6.18 Å². The number of rotatable bonds is 2. The number of aromatic nitrogens is 1. The van der Waals surface area contributed by atoms with Gasteiger partial charge in [-0.1, -0.05) is 18.2 Å². The van der Waals surface area contributed by atoms with E-state index in [0.29, 0.717) is 11.4 Å². The quantitative estimate of drug-likeness (QED) is 0.704. The van der Waals surface area contributed by atoms with Crippen LogP contribution in [-0.4, -0.2) is 10.9 Å². The highest BCUT2D eigenvalue weighted by Gasteiger charge is 2.30. The minimum Gasteiger partial charge on any atom is -0.350 e. The summed E-state index contributed by atoms with van der Waals surface area (Å²) in [6.07, 6.45) is -4.39.